The molecule has 0 aliphatic rings. The summed E-state index contributed by atoms with van der Waals surface area (Å²) in [5.41, 5.74) is 3.93. The second kappa shape index (κ2) is 9.57. The van der Waals surface area contributed by atoms with Gasteiger partial charge in [0.2, 0.25) is 0 Å². The molecule has 1 heterocycles. The molecule has 0 radical (unpaired) electrons. The van der Waals surface area contributed by atoms with Crippen molar-refractivity contribution >= 4 is 23.2 Å². The molecule has 2 N–H and O–H groups in total. The molecule has 3 aromatic carbocycles. The van der Waals surface area contributed by atoms with Crippen LogP contribution in [0.1, 0.15) is 20.7 Å². The van der Waals surface area contributed by atoms with Gasteiger partial charge in [0.15, 0.2) is 0 Å². The van der Waals surface area contributed by atoms with Crippen LogP contribution in [0.25, 0.3) is 11.1 Å². The maximum absolute atomic E-state index is 12.8. The molecular formula is C26H21N3O3. The largest absolute Gasteiger partial charge is 0.497 e. The lowest BCUT2D eigenvalue weighted by molar-refractivity contribution is 0.102. The normalized spacial score (nSPS) is 10.3. The van der Waals surface area contributed by atoms with Crippen molar-refractivity contribution in [1.29, 1.82) is 0 Å². The number of hydrogen-bond acceptors (Lipinski definition) is 4. The number of hydrogen-bond donors (Lipinski definition) is 2. The van der Waals surface area contributed by atoms with Crippen molar-refractivity contribution in [3.05, 3.63) is 108 Å². The summed E-state index contributed by atoms with van der Waals surface area (Å²) >= 11 is 0. The molecule has 4 rings (SSSR count). The lowest BCUT2D eigenvalue weighted by Gasteiger charge is -2.12. The molecule has 0 aliphatic heterocycles. The third kappa shape index (κ3) is 4.82. The van der Waals surface area contributed by atoms with E-state index in [9.17, 15) is 9.59 Å². The molecule has 2 amide bonds. The minimum Gasteiger partial charge on any atom is -0.497 e. The highest BCUT2D eigenvalue weighted by Crippen LogP contribution is 2.22. The van der Waals surface area contributed by atoms with Gasteiger partial charge in [0.25, 0.3) is 11.8 Å². The van der Waals surface area contributed by atoms with Crippen LogP contribution in [-0.2, 0) is 0 Å². The number of para-hydroxylation sites is 1. The Labute approximate surface area is 185 Å². The smallest absolute Gasteiger partial charge is 0.257 e. The molecule has 0 saturated heterocycles. The van der Waals surface area contributed by atoms with E-state index in [4.69, 9.17) is 4.74 Å². The number of rotatable bonds is 6. The van der Waals surface area contributed by atoms with Gasteiger partial charge in [-0.2, -0.15) is 0 Å². The summed E-state index contributed by atoms with van der Waals surface area (Å²) in [4.78, 5) is 29.6. The Morgan fingerprint density at radius 3 is 2.06 bits per heavy atom. The molecule has 6 heteroatoms. The van der Waals surface area contributed by atoms with Gasteiger partial charge in [-0.25, -0.2) is 0 Å². The van der Waals surface area contributed by atoms with E-state index in [1.54, 1.807) is 80.2 Å². The van der Waals surface area contributed by atoms with Crippen molar-refractivity contribution in [2.24, 2.45) is 0 Å². The van der Waals surface area contributed by atoms with Crippen LogP contribution in [0.15, 0.2) is 97.3 Å². The summed E-state index contributed by atoms with van der Waals surface area (Å²) in [6.07, 6.45) is 3.45. The lowest BCUT2D eigenvalue weighted by Crippen LogP contribution is -2.18. The predicted molar refractivity (Wildman–Crippen MR) is 125 cm³/mol. The summed E-state index contributed by atoms with van der Waals surface area (Å²) in [6, 6.07) is 25.0. The maximum Gasteiger partial charge on any atom is 0.257 e. The summed E-state index contributed by atoms with van der Waals surface area (Å²) in [7, 11) is 1.58. The van der Waals surface area contributed by atoms with Gasteiger partial charge < -0.3 is 15.4 Å². The van der Waals surface area contributed by atoms with Crippen LogP contribution in [0, 0.1) is 0 Å². The Hall–Kier alpha value is -4.45. The highest BCUT2D eigenvalue weighted by Gasteiger charge is 2.14. The number of carbonyl (C=O) groups excluding carboxylic acids is 2. The highest BCUT2D eigenvalue weighted by atomic mass is 16.5. The van der Waals surface area contributed by atoms with Gasteiger partial charge in [-0.1, -0.05) is 24.3 Å². The zero-order valence-corrected chi connectivity index (χ0v) is 17.4. The molecule has 6 nitrogen and oxygen atoms in total. The first-order valence-corrected chi connectivity index (χ1v) is 10.0. The molecule has 0 bridgehead atoms. The zero-order chi connectivity index (χ0) is 22.3. The summed E-state index contributed by atoms with van der Waals surface area (Å²) < 4.78 is 5.13. The number of anilines is 2. The number of methoxy groups -OCH3 is 1. The van der Waals surface area contributed by atoms with Gasteiger partial charge in [0.1, 0.15) is 5.75 Å². The van der Waals surface area contributed by atoms with Crippen molar-refractivity contribution in [3.8, 4) is 16.9 Å². The highest BCUT2D eigenvalue weighted by molar-refractivity contribution is 6.12. The molecule has 1 aromatic heterocycles. The molecule has 32 heavy (non-hydrogen) atoms. The number of ether oxygens (including phenoxy) is 1. The summed E-state index contributed by atoms with van der Waals surface area (Å²) in [5, 5.41) is 5.68. The average molecular weight is 423 g/mol. The molecule has 0 fully saturated rings. The number of carbonyl (C=O) groups is 2. The first-order chi connectivity index (χ1) is 15.6. The Morgan fingerprint density at radius 1 is 0.719 bits per heavy atom. The SMILES string of the molecule is COc1ccc(NC(=O)c2ccccc2NC(=O)c2ccc(-c3ccncc3)cc2)cc1. The first-order valence-electron chi connectivity index (χ1n) is 10.0. The Balaban J connectivity index is 1.48. The fraction of sp³-hybridized carbons (Fsp3) is 0.0385. The van der Waals surface area contributed by atoms with E-state index in [0.717, 1.165) is 11.1 Å². The third-order valence-electron chi connectivity index (χ3n) is 4.93. The molecule has 0 saturated carbocycles. The minimum absolute atomic E-state index is 0.295. The van der Waals surface area contributed by atoms with Gasteiger partial charge in [-0.05, 0) is 71.8 Å². The van der Waals surface area contributed by atoms with E-state index >= 15 is 0 Å². The number of pyridine rings is 1. The first kappa shape index (κ1) is 20.8. The fourth-order valence-electron chi connectivity index (χ4n) is 3.22. The Morgan fingerprint density at radius 2 is 1.38 bits per heavy atom. The van der Waals surface area contributed by atoms with E-state index in [1.807, 2.05) is 24.3 Å². The van der Waals surface area contributed by atoms with Crippen LogP contribution in [0.2, 0.25) is 0 Å². The van der Waals surface area contributed by atoms with Crippen molar-refractivity contribution in [2.75, 3.05) is 17.7 Å². The van der Waals surface area contributed by atoms with E-state index < -0.39 is 0 Å². The van der Waals surface area contributed by atoms with Crippen LogP contribution in [0.5, 0.6) is 5.75 Å². The van der Waals surface area contributed by atoms with Crippen molar-refractivity contribution in [3.63, 3.8) is 0 Å². The summed E-state index contributed by atoms with van der Waals surface area (Å²) in [6.45, 7) is 0. The average Bonchev–Trinajstić information content (AvgIpc) is 2.85. The molecule has 0 atom stereocenters. The van der Waals surface area contributed by atoms with Crippen LogP contribution in [-0.4, -0.2) is 23.9 Å². The molecule has 158 valence electrons. The standard InChI is InChI=1S/C26H21N3O3/c1-32-22-12-10-21(11-13-22)28-26(31)23-4-2-3-5-24(23)29-25(30)20-8-6-18(7-9-20)19-14-16-27-17-15-19/h2-17H,1H3,(H,28,31)(H,29,30). The quantitative estimate of drug-likeness (QED) is 0.443. The van der Waals surface area contributed by atoms with E-state index in [2.05, 4.69) is 15.6 Å². The third-order valence-corrected chi connectivity index (χ3v) is 4.93. The molecule has 0 spiro atoms. The van der Waals surface area contributed by atoms with E-state index in [-0.39, 0.29) is 11.8 Å². The topological polar surface area (TPSA) is 80.3 Å². The van der Waals surface area contributed by atoms with Gasteiger partial charge in [-0.15, -0.1) is 0 Å². The fourth-order valence-corrected chi connectivity index (χ4v) is 3.22. The van der Waals surface area contributed by atoms with Crippen molar-refractivity contribution in [1.82, 2.24) is 4.98 Å². The molecular weight excluding hydrogens is 402 g/mol. The van der Waals surface area contributed by atoms with E-state index in [0.29, 0.717) is 28.3 Å². The molecule has 0 unspecified atom stereocenters. The van der Waals surface area contributed by atoms with Gasteiger partial charge in [-0.3, -0.25) is 14.6 Å². The van der Waals surface area contributed by atoms with Crippen molar-refractivity contribution < 1.29 is 14.3 Å². The predicted octanol–water partition coefficient (Wildman–Crippen LogP) is 5.26. The van der Waals surface area contributed by atoms with Crippen LogP contribution in [0.3, 0.4) is 0 Å². The number of benzene rings is 3. The second-order valence-corrected chi connectivity index (χ2v) is 7.00. The minimum atomic E-state index is -0.320. The number of aromatic nitrogens is 1. The number of amides is 2. The monoisotopic (exact) mass is 423 g/mol. The Kier molecular flexibility index (Phi) is 6.22. The Bertz CT molecular complexity index is 1220. The lowest BCUT2D eigenvalue weighted by atomic mass is 10.0. The maximum atomic E-state index is 12.8. The van der Waals surface area contributed by atoms with Crippen molar-refractivity contribution in [2.45, 2.75) is 0 Å². The van der Waals surface area contributed by atoms with Crippen LogP contribution in [0.4, 0.5) is 11.4 Å². The van der Waals surface area contributed by atoms with Gasteiger partial charge in [0.05, 0.1) is 18.4 Å². The second-order valence-electron chi connectivity index (χ2n) is 7.00. The molecule has 4 aromatic rings. The van der Waals surface area contributed by atoms with E-state index in [1.165, 1.54) is 0 Å². The van der Waals surface area contributed by atoms with Crippen LogP contribution >= 0.6 is 0 Å². The number of nitrogens with one attached hydrogen (secondary N) is 2. The molecule has 0 aliphatic carbocycles. The zero-order valence-electron chi connectivity index (χ0n) is 17.4. The van der Waals surface area contributed by atoms with Gasteiger partial charge in [0, 0.05) is 23.6 Å². The summed E-state index contributed by atoms with van der Waals surface area (Å²) in [5.74, 6) is 0.0840. The van der Waals surface area contributed by atoms with Crippen LogP contribution < -0.4 is 15.4 Å². The number of nitrogens with zero attached hydrogens (tertiary/aromatic N) is 1. The van der Waals surface area contributed by atoms with Gasteiger partial charge >= 0.3 is 0 Å².